The zero-order valence-electron chi connectivity index (χ0n) is 19.6. The van der Waals surface area contributed by atoms with E-state index in [1.54, 1.807) is 6.92 Å². The summed E-state index contributed by atoms with van der Waals surface area (Å²) in [6.07, 6.45) is 2.57. The molecule has 0 saturated carbocycles. The van der Waals surface area contributed by atoms with Gasteiger partial charge in [0.25, 0.3) is 0 Å². The smallest absolute Gasteiger partial charge is 0.245 e. The lowest BCUT2D eigenvalue weighted by Gasteiger charge is -2.31. The van der Waals surface area contributed by atoms with Gasteiger partial charge in [0.1, 0.15) is 17.4 Å². The minimum absolute atomic E-state index is 0.0314. The van der Waals surface area contributed by atoms with Gasteiger partial charge in [0.2, 0.25) is 11.8 Å². The van der Waals surface area contributed by atoms with Crippen molar-refractivity contribution >= 4 is 22.8 Å². The zero-order valence-corrected chi connectivity index (χ0v) is 19.6. The van der Waals surface area contributed by atoms with Crippen molar-refractivity contribution in [1.29, 1.82) is 0 Å². The molecule has 1 aliphatic rings. The van der Waals surface area contributed by atoms with Crippen LogP contribution in [0.5, 0.6) is 0 Å². The molecule has 1 aromatic heterocycles. The number of nitrogens with zero attached hydrogens (tertiary/aromatic N) is 1. The summed E-state index contributed by atoms with van der Waals surface area (Å²) in [5, 5.41) is 3.95. The van der Waals surface area contributed by atoms with Crippen LogP contribution in [0.3, 0.4) is 0 Å². The minimum Gasteiger partial charge on any atom is -0.456 e. The Morgan fingerprint density at radius 2 is 1.79 bits per heavy atom. The van der Waals surface area contributed by atoms with Crippen LogP contribution in [0.2, 0.25) is 0 Å². The normalized spacial score (nSPS) is 18.0. The van der Waals surface area contributed by atoms with Gasteiger partial charge in [0.15, 0.2) is 0 Å². The van der Waals surface area contributed by atoms with Crippen molar-refractivity contribution in [3.05, 3.63) is 60.2 Å². The number of fused-ring (bicyclic) bond motifs is 1. The maximum Gasteiger partial charge on any atom is 0.245 e. The number of amides is 2. The van der Waals surface area contributed by atoms with E-state index in [4.69, 9.17) is 10.2 Å². The van der Waals surface area contributed by atoms with E-state index in [0.717, 1.165) is 40.7 Å². The zero-order chi connectivity index (χ0) is 23.5. The number of carbonyl (C=O) groups excluding carboxylic acids is 2. The van der Waals surface area contributed by atoms with Crippen molar-refractivity contribution in [2.24, 2.45) is 11.7 Å². The number of nitrogens with two attached hydrogens (primary N) is 1. The van der Waals surface area contributed by atoms with Crippen LogP contribution in [-0.4, -0.2) is 41.4 Å². The highest BCUT2D eigenvalue weighted by Gasteiger charge is 2.36. The van der Waals surface area contributed by atoms with Crippen molar-refractivity contribution in [2.45, 2.75) is 58.2 Å². The first-order valence-corrected chi connectivity index (χ1v) is 11.8. The number of rotatable bonds is 7. The van der Waals surface area contributed by atoms with Gasteiger partial charge in [-0.2, -0.15) is 0 Å². The Balaban J connectivity index is 1.64. The Labute approximate surface area is 195 Å². The molecule has 174 valence electrons. The van der Waals surface area contributed by atoms with E-state index in [1.165, 1.54) is 0 Å². The van der Waals surface area contributed by atoms with Gasteiger partial charge in [-0.15, -0.1) is 0 Å². The second kappa shape index (κ2) is 9.79. The van der Waals surface area contributed by atoms with Crippen LogP contribution in [0.4, 0.5) is 0 Å². The molecule has 1 saturated heterocycles. The van der Waals surface area contributed by atoms with Crippen LogP contribution in [0.1, 0.15) is 39.2 Å². The van der Waals surface area contributed by atoms with Gasteiger partial charge >= 0.3 is 0 Å². The summed E-state index contributed by atoms with van der Waals surface area (Å²) in [5.41, 5.74) is 8.74. The number of benzene rings is 2. The first-order chi connectivity index (χ1) is 15.9. The lowest BCUT2D eigenvalue weighted by Crippen LogP contribution is -2.55. The molecule has 1 fully saturated rings. The second-order valence-corrected chi connectivity index (χ2v) is 9.32. The van der Waals surface area contributed by atoms with E-state index in [9.17, 15) is 9.59 Å². The van der Waals surface area contributed by atoms with Gasteiger partial charge in [0.05, 0.1) is 6.04 Å². The van der Waals surface area contributed by atoms with Gasteiger partial charge in [-0.1, -0.05) is 62.4 Å². The quantitative estimate of drug-likeness (QED) is 0.570. The van der Waals surface area contributed by atoms with Crippen LogP contribution in [0, 0.1) is 5.92 Å². The lowest BCUT2D eigenvalue weighted by molar-refractivity contribution is -0.138. The van der Waals surface area contributed by atoms with Crippen molar-refractivity contribution < 1.29 is 14.0 Å². The first kappa shape index (κ1) is 23.1. The van der Waals surface area contributed by atoms with E-state index in [1.807, 2.05) is 55.1 Å². The summed E-state index contributed by atoms with van der Waals surface area (Å²) in [5.74, 6) is 0.499. The number of likely N-dealkylation sites (tertiary alicyclic amines) is 1. The summed E-state index contributed by atoms with van der Waals surface area (Å²) in [6.45, 7) is 6.22. The molecule has 0 spiro atoms. The summed E-state index contributed by atoms with van der Waals surface area (Å²) < 4.78 is 6.28. The number of hydrogen-bond acceptors (Lipinski definition) is 4. The summed E-state index contributed by atoms with van der Waals surface area (Å²) in [4.78, 5) is 27.7. The number of para-hydroxylation sites is 1. The lowest BCUT2D eigenvalue weighted by atomic mass is 9.96. The van der Waals surface area contributed by atoms with Crippen molar-refractivity contribution in [3.63, 3.8) is 0 Å². The Hall–Kier alpha value is -3.12. The van der Waals surface area contributed by atoms with Crippen LogP contribution in [0.25, 0.3) is 22.3 Å². The van der Waals surface area contributed by atoms with Crippen molar-refractivity contribution in [1.82, 2.24) is 10.2 Å². The molecule has 3 N–H and O–H groups in total. The van der Waals surface area contributed by atoms with Crippen molar-refractivity contribution in [3.8, 4) is 11.3 Å². The van der Waals surface area contributed by atoms with Gasteiger partial charge in [-0.3, -0.25) is 9.59 Å². The van der Waals surface area contributed by atoms with E-state index in [2.05, 4.69) is 23.5 Å². The molecular formula is C27H33N3O3. The first-order valence-electron chi connectivity index (χ1n) is 11.8. The summed E-state index contributed by atoms with van der Waals surface area (Å²) in [7, 11) is 0. The SMILES string of the molecule is CC(C)[C@H](NC(=O)[C@H](C)N)C(=O)N1CCC[C@H]1Cc1c(-c2ccccc2)oc2ccccc12. The Bertz CT molecular complexity index is 1120. The third-order valence-corrected chi connectivity index (χ3v) is 6.48. The van der Waals surface area contributed by atoms with Gasteiger partial charge < -0.3 is 20.4 Å². The highest BCUT2D eigenvalue weighted by molar-refractivity contribution is 5.91. The molecule has 6 heteroatoms. The number of hydrogen-bond donors (Lipinski definition) is 2. The van der Waals surface area contributed by atoms with Crippen LogP contribution < -0.4 is 11.1 Å². The number of furan rings is 1. The average Bonchev–Trinajstić information content (AvgIpc) is 3.42. The van der Waals surface area contributed by atoms with E-state index >= 15 is 0 Å². The summed E-state index contributed by atoms with van der Waals surface area (Å²) >= 11 is 0. The van der Waals surface area contributed by atoms with E-state index in [0.29, 0.717) is 13.0 Å². The molecular weight excluding hydrogens is 414 g/mol. The largest absolute Gasteiger partial charge is 0.456 e. The molecule has 33 heavy (non-hydrogen) atoms. The maximum atomic E-state index is 13.5. The Morgan fingerprint density at radius 3 is 2.48 bits per heavy atom. The van der Waals surface area contributed by atoms with Crippen LogP contribution >= 0.6 is 0 Å². The fourth-order valence-electron chi connectivity index (χ4n) is 4.67. The van der Waals surface area contributed by atoms with E-state index in [-0.39, 0.29) is 23.8 Å². The molecule has 6 nitrogen and oxygen atoms in total. The van der Waals surface area contributed by atoms with Gasteiger partial charge in [0, 0.05) is 29.1 Å². The van der Waals surface area contributed by atoms with Crippen LogP contribution in [0.15, 0.2) is 59.0 Å². The van der Waals surface area contributed by atoms with Gasteiger partial charge in [-0.25, -0.2) is 0 Å². The fraction of sp³-hybridized carbons (Fsp3) is 0.407. The number of carbonyl (C=O) groups is 2. The third kappa shape index (κ3) is 4.81. The topological polar surface area (TPSA) is 88.6 Å². The molecule has 2 heterocycles. The maximum absolute atomic E-state index is 13.5. The molecule has 0 bridgehead atoms. The predicted molar refractivity (Wildman–Crippen MR) is 131 cm³/mol. The number of nitrogens with one attached hydrogen (secondary N) is 1. The second-order valence-electron chi connectivity index (χ2n) is 9.32. The van der Waals surface area contributed by atoms with Gasteiger partial charge in [-0.05, 0) is 38.2 Å². The highest BCUT2D eigenvalue weighted by Crippen LogP contribution is 2.36. The monoisotopic (exact) mass is 447 g/mol. The molecule has 2 aromatic carbocycles. The summed E-state index contributed by atoms with van der Waals surface area (Å²) in [6, 6.07) is 17.0. The molecule has 1 aliphatic heterocycles. The molecule has 3 aromatic rings. The Morgan fingerprint density at radius 1 is 1.09 bits per heavy atom. The molecule has 0 unspecified atom stereocenters. The minimum atomic E-state index is -0.654. The van der Waals surface area contributed by atoms with Crippen LogP contribution in [-0.2, 0) is 16.0 Å². The molecule has 4 rings (SSSR count). The highest BCUT2D eigenvalue weighted by atomic mass is 16.3. The molecule has 0 aliphatic carbocycles. The fourth-order valence-corrected chi connectivity index (χ4v) is 4.67. The molecule has 0 radical (unpaired) electrons. The Kier molecular flexibility index (Phi) is 6.84. The molecule has 3 atom stereocenters. The standard InChI is InChI=1S/C27H33N3O3/c1-17(2)24(29-26(31)18(3)28)27(32)30-15-9-12-20(30)16-22-21-13-7-8-14-23(21)33-25(22)19-10-5-4-6-11-19/h4-8,10-11,13-14,17-18,20,24H,9,12,15-16,28H2,1-3H3,(H,29,31)/t18-,20-,24-/m0/s1. The molecule has 2 amide bonds. The van der Waals surface area contributed by atoms with Crippen molar-refractivity contribution in [2.75, 3.05) is 6.54 Å². The predicted octanol–water partition coefficient (Wildman–Crippen LogP) is 4.12. The average molecular weight is 448 g/mol. The third-order valence-electron chi connectivity index (χ3n) is 6.48. The van der Waals surface area contributed by atoms with E-state index < -0.39 is 12.1 Å².